The van der Waals surface area contributed by atoms with E-state index in [1.165, 1.54) is 12.1 Å². The molecular weight excluding hydrogens is 279 g/mol. The molecule has 1 aromatic carbocycles. The molecule has 1 saturated carbocycles. The molecular formula is C18H27FN2O. The molecule has 22 heavy (non-hydrogen) atoms. The monoisotopic (exact) mass is 306 g/mol. The average Bonchev–Trinajstić information content (AvgIpc) is 2.44. The van der Waals surface area contributed by atoms with Crippen molar-refractivity contribution in [2.45, 2.75) is 58.5 Å². The van der Waals surface area contributed by atoms with E-state index in [1.54, 1.807) is 12.1 Å². The molecule has 1 fully saturated rings. The zero-order valence-electron chi connectivity index (χ0n) is 13.7. The molecule has 0 spiro atoms. The standard InChI is InChI=1S/C18H27FN2O/c1-18(2,3)16(12-7-9-14(19)10-8-12)21-17(22)13-5-4-6-15(20)11-13/h7-10,13,15-16H,4-6,11,20H2,1-3H3,(H,21,22). The highest BCUT2D eigenvalue weighted by Gasteiger charge is 2.32. The van der Waals surface area contributed by atoms with Gasteiger partial charge in [0.25, 0.3) is 0 Å². The van der Waals surface area contributed by atoms with Gasteiger partial charge in [-0.2, -0.15) is 0 Å². The molecule has 3 unspecified atom stereocenters. The quantitative estimate of drug-likeness (QED) is 0.897. The maximum absolute atomic E-state index is 13.1. The summed E-state index contributed by atoms with van der Waals surface area (Å²) in [6, 6.07) is 6.37. The van der Waals surface area contributed by atoms with E-state index in [0.29, 0.717) is 0 Å². The number of nitrogens with two attached hydrogens (primary N) is 1. The number of nitrogens with one attached hydrogen (secondary N) is 1. The summed E-state index contributed by atoms with van der Waals surface area (Å²) in [5, 5.41) is 3.17. The van der Waals surface area contributed by atoms with Crippen molar-refractivity contribution in [1.29, 1.82) is 0 Å². The van der Waals surface area contributed by atoms with Crippen LogP contribution in [0.1, 0.15) is 58.1 Å². The number of carbonyl (C=O) groups excluding carboxylic acids is 1. The number of benzene rings is 1. The summed E-state index contributed by atoms with van der Waals surface area (Å²) >= 11 is 0. The first kappa shape index (κ1) is 16.9. The molecule has 2 rings (SSSR count). The normalized spacial score (nSPS) is 23.9. The lowest BCUT2D eigenvalue weighted by Gasteiger charge is -2.34. The number of halogens is 1. The first-order valence-corrected chi connectivity index (χ1v) is 8.09. The van der Waals surface area contributed by atoms with Crippen molar-refractivity contribution in [2.75, 3.05) is 0 Å². The highest BCUT2D eigenvalue weighted by molar-refractivity contribution is 5.79. The third-order valence-corrected chi connectivity index (χ3v) is 4.44. The number of carbonyl (C=O) groups is 1. The Balaban J connectivity index is 2.13. The lowest BCUT2D eigenvalue weighted by molar-refractivity contribution is -0.127. The Labute approximate surface area is 132 Å². The minimum atomic E-state index is -0.263. The maximum atomic E-state index is 13.1. The van der Waals surface area contributed by atoms with Crippen molar-refractivity contribution in [1.82, 2.24) is 5.32 Å². The molecule has 1 aromatic rings. The molecule has 1 amide bonds. The Morgan fingerprint density at radius 1 is 1.27 bits per heavy atom. The molecule has 1 aliphatic rings. The summed E-state index contributed by atoms with van der Waals surface area (Å²) < 4.78 is 13.1. The number of hydrogen-bond acceptors (Lipinski definition) is 2. The summed E-state index contributed by atoms with van der Waals surface area (Å²) in [5.74, 6) is -0.200. The van der Waals surface area contributed by atoms with Gasteiger partial charge in [0, 0.05) is 12.0 Å². The van der Waals surface area contributed by atoms with Gasteiger partial charge in [-0.25, -0.2) is 4.39 Å². The molecule has 0 radical (unpaired) electrons. The number of hydrogen-bond donors (Lipinski definition) is 2. The van der Waals surface area contributed by atoms with Crippen LogP contribution in [0.15, 0.2) is 24.3 Å². The molecule has 3 atom stereocenters. The van der Waals surface area contributed by atoms with E-state index in [9.17, 15) is 9.18 Å². The van der Waals surface area contributed by atoms with Gasteiger partial charge >= 0.3 is 0 Å². The Morgan fingerprint density at radius 3 is 2.45 bits per heavy atom. The molecule has 0 aromatic heterocycles. The molecule has 122 valence electrons. The predicted octanol–water partition coefficient (Wildman–Crippen LogP) is 3.55. The van der Waals surface area contributed by atoms with Crippen LogP contribution in [0.2, 0.25) is 0 Å². The maximum Gasteiger partial charge on any atom is 0.223 e. The van der Waals surface area contributed by atoms with Gasteiger partial charge < -0.3 is 11.1 Å². The van der Waals surface area contributed by atoms with Gasteiger partial charge in [0.1, 0.15) is 5.82 Å². The van der Waals surface area contributed by atoms with E-state index in [1.807, 2.05) is 0 Å². The van der Waals surface area contributed by atoms with Gasteiger partial charge in [-0.05, 0) is 42.4 Å². The van der Waals surface area contributed by atoms with Crippen molar-refractivity contribution >= 4 is 5.91 Å². The zero-order chi connectivity index (χ0) is 16.3. The predicted molar refractivity (Wildman–Crippen MR) is 86.7 cm³/mol. The minimum Gasteiger partial charge on any atom is -0.349 e. The molecule has 3 N–H and O–H groups in total. The first-order chi connectivity index (χ1) is 10.3. The molecule has 1 aliphatic carbocycles. The Morgan fingerprint density at radius 2 is 1.91 bits per heavy atom. The van der Waals surface area contributed by atoms with Gasteiger partial charge in [-0.3, -0.25) is 4.79 Å². The van der Waals surface area contributed by atoms with Crippen LogP contribution in [-0.4, -0.2) is 11.9 Å². The van der Waals surface area contributed by atoms with E-state index in [4.69, 9.17) is 5.73 Å². The van der Waals surface area contributed by atoms with Crippen LogP contribution in [0.4, 0.5) is 4.39 Å². The topological polar surface area (TPSA) is 55.1 Å². The average molecular weight is 306 g/mol. The SMILES string of the molecule is CC(C)(C)C(NC(=O)C1CCCC(N)C1)c1ccc(F)cc1. The van der Waals surface area contributed by atoms with Crippen LogP contribution in [-0.2, 0) is 4.79 Å². The molecule has 0 bridgehead atoms. The molecule has 0 heterocycles. The van der Waals surface area contributed by atoms with Gasteiger partial charge in [0.05, 0.1) is 6.04 Å². The van der Waals surface area contributed by atoms with Crippen LogP contribution < -0.4 is 11.1 Å². The molecule has 0 aliphatic heterocycles. The highest BCUT2D eigenvalue weighted by atomic mass is 19.1. The van der Waals surface area contributed by atoms with Crippen molar-refractivity contribution in [2.24, 2.45) is 17.1 Å². The third kappa shape index (κ3) is 4.29. The van der Waals surface area contributed by atoms with Crippen LogP contribution in [0.3, 0.4) is 0 Å². The van der Waals surface area contributed by atoms with E-state index in [0.717, 1.165) is 31.2 Å². The second-order valence-electron chi connectivity index (χ2n) is 7.48. The number of rotatable bonds is 3. The van der Waals surface area contributed by atoms with Gasteiger partial charge in [0.2, 0.25) is 5.91 Å². The van der Waals surface area contributed by atoms with Crippen molar-refractivity contribution in [3.63, 3.8) is 0 Å². The molecule has 4 heteroatoms. The van der Waals surface area contributed by atoms with Gasteiger partial charge in [-0.15, -0.1) is 0 Å². The summed E-state index contributed by atoms with van der Waals surface area (Å²) in [5.41, 5.74) is 6.77. The summed E-state index contributed by atoms with van der Waals surface area (Å²) in [7, 11) is 0. The third-order valence-electron chi connectivity index (χ3n) is 4.44. The number of amides is 1. The van der Waals surface area contributed by atoms with Gasteiger partial charge in [0.15, 0.2) is 0 Å². The summed E-state index contributed by atoms with van der Waals surface area (Å²) in [4.78, 5) is 12.6. The fourth-order valence-electron chi connectivity index (χ4n) is 3.18. The van der Waals surface area contributed by atoms with E-state index in [-0.39, 0.29) is 35.1 Å². The second-order valence-corrected chi connectivity index (χ2v) is 7.48. The minimum absolute atomic E-state index is 0.00551. The lowest BCUT2D eigenvalue weighted by atomic mass is 9.80. The van der Waals surface area contributed by atoms with Crippen molar-refractivity contribution in [3.05, 3.63) is 35.6 Å². The van der Waals surface area contributed by atoms with E-state index < -0.39 is 0 Å². The highest BCUT2D eigenvalue weighted by Crippen LogP contribution is 2.34. The molecule has 0 saturated heterocycles. The van der Waals surface area contributed by atoms with Crippen molar-refractivity contribution in [3.8, 4) is 0 Å². The van der Waals surface area contributed by atoms with Crippen LogP contribution >= 0.6 is 0 Å². The fraction of sp³-hybridized carbons (Fsp3) is 0.611. The Bertz CT molecular complexity index is 507. The summed E-state index contributed by atoms with van der Waals surface area (Å²) in [6.45, 7) is 6.23. The van der Waals surface area contributed by atoms with Crippen molar-refractivity contribution < 1.29 is 9.18 Å². The largest absolute Gasteiger partial charge is 0.349 e. The van der Waals surface area contributed by atoms with Crippen LogP contribution in [0.25, 0.3) is 0 Å². The Hall–Kier alpha value is -1.42. The summed E-state index contributed by atoms with van der Waals surface area (Å²) in [6.07, 6.45) is 3.67. The lowest BCUT2D eigenvalue weighted by Crippen LogP contribution is -2.42. The molecule has 3 nitrogen and oxygen atoms in total. The second kappa shape index (κ2) is 6.78. The van der Waals surface area contributed by atoms with Crippen LogP contribution in [0, 0.1) is 17.2 Å². The Kier molecular flexibility index (Phi) is 5.22. The van der Waals surface area contributed by atoms with Crippen LogP contribution in [0.5, 0.6) is 0 Å². The fourth-order valence-corrected chi connectivity index (χ4v) is 3.18. The zero-order valence-corrected chi connectivity index (χ0v) is 13.7. The first-order valence-electron chi connectivity index (χ1n) is 8.09. The van der Waals surface area contributed by atoms with E-state index in [2.05, 4.69) is 26.1 Å². The van der Waals surface area contributed by atoms with E-state index >= 15 is 0 Å². The smallest absolute Gasteiger partial charge is 0.223 e. The van der Waals surface area contributed by atoms with Gasteiger partial charge in [-0.1, -0.05) is 39.3 Å².